The first-order valence-corrected chi connectivity index (χ1v) is 6.66. The van der Waals surface area contributed by atoms with E-state index < -0.39 is 0 Å². The van der Waals surface area contributed by atoms with Crippen LogP contribution >= 0.6 is 0 Å². The van der Waals surface area contributed by atoms with Gasteiger partial charge in [-0.1, -0.05) is 19.4 Å². The van der Waals surface area contributed by atoms with Crippen LogP contribution in [0.15, 0.2) is 24.4 Å². The molecule has 0 aromatic rings. The predicted octanol–water partition coefficient (Wildman–Crippen LogP) is -0.310. The Labute approximate surface area is 124 Å². The van der Waals surface area contributed by atoms with Crippen LogP contribution in [0.5, 0.6) is 0 Å². The number of unbranched alkanes of at least 4 members (excludes halogenated alkanes) is 1. The Morgan fingerprint density at radius 1 is 1.18 bits per heavy atom. The molecule has 0 radical (unpaired) electrons. The van der Waals surface area contributed by atoms with Crippen molar-refractivity contribution in [3.05, 3.63) is 24.4 Å². The van der Waals surface area contributed by atoms with Gasteiger partial charge in [-0.15, -0.1) is 0 Å². The Bertz CT molecular complexity index is 227. The minimum absolute atomic E-state index is 0. The van der Waals surface area contributed by atoms with Crippen LogP contribution in [-0.2, 0) is 0 Å². The number of likely N-dealkylation sites (N-methyl/N-ethyl adjacent to an activating group) is 1. The molecule has 17 heavy (non-hydrogen) atoms. The van der Waals surface area contributed by atoms with E-state index in [1.807, 2.05) is 0 Å². The molecule has 1 fully saturated rings. The molecular formula is C14H27IN2. The first kappa shape index (κ1) is 17.1. The summed E-state index contributed by atoms with van der Waals surface area (Å²) in [5, 5.41) is 3.22. The topological polar surface area (TPSA) is 12.0 Å². The quantitative estimate of drug-likeness (QED) is 0.544. The van der Waals surface area contributed by atoms with Gasteiger partial charge in [-0.25, -0.2) is 0 Å². The maximum Gasteiger partial charge on any atom is 0.102 e. The van der Waals surface area contributed by atoms with Gasteiger partial charge in [0.15, 0.2) is 0 Å². The second kappa shape index (κ2) is 10.1. The van der Waals surface area contributed by atoms with Crippen molar-refractivity contribution in [1.82, 2.24) is 5.32 Å². The van der Waals surface area contributed by atoms with Crippen LogP contribution in [0.3, 0.4) is 0 Å². The van der Waals surface area contributed by atoms with Crippen molar-refractivity contribution in [3.63, 3.8) is 0 Å². The summed E-state index contributed by atoms with van der Waals surface area (Å²) in [6.07, 6.45) is 14.2. The number of hydrogen-bond acceptors (Lipinski definition) is 1. The Balaban J connectivity index is 0.000000360. The van der Waals surface area contributed by atoms with Crippen molar-refractivity contribution in [2.75, 3.05) is 33.2 Å². The molecule has 1 N–H and O–H groups in total. The first-order chi connectivity index (χ1) is 7.77. The third kappa shape index (κ3) is 7.95. The lowest BCUT2D eigenvalue weighted by molar-refractivity contribution is -0.854. The average molecular weight is 350 g/mol. The summed E-state index contributed by atoms with van der Waals surface area (Å²) in [6, 6.07) is 0. The summed E-state index contributed by atoms with van der Waals surface area (Å²) < 4.78 is 1.09. The fraction of sp³-hybridized carbons (Fsp3) is 0.714. The van der Waals surface area contributed by atoms with Crippen LogP contribution < -0.4 is 29.3 Å². The number of rotatable bonds is 3. The van der Waals surface area contributed by atoms with E-state index >= 15 is 0 Å². The average Bonchev–Trinajstić information content (AvgIpc) is 2.86. The fourth-order valence-electron chi connectivity index (χ4n) is 2.01. The molecule has 2 nitrogen and oxygen atoms in total. The Morgan fingerprint density at radius 3 is 2.29 bits per heavy atom. The van der Waals surface area contributed by atoms with Gasteiger partial charge in [-0.05, 0) is 44.5 Å². The molecule has 0 bridgehead atoms. The maximum absolute atomic E-state index is 3.22. The van der Waals surface area contributed by atoms with Crippen LogP contribution in [0.2, 0.25) is 0 Å². The first-order valence-electron chi connectivity index (χ1n) is 6.66. The summed E-state index contributed by atoms with van der Waals surface area (Å²) >= 11 is 0. The smallest absolute Gasteiger partial charge is 0.102 e. The minimum Gasteiger partial charge on any atom is -1.00 e. The van der Waals surface area contributed by atoms with Crippen molar-refractivity contribution < 1.29 is 28.5 Å². The molecule has 100 valence electrons. The van der Waals surface area contributed by atoms with E-state index in [9.17, 15) is 0 Å². The van der Waals surface area contributed by atoms with E-state index in [0.717, 1.165) is 11.0 Å². The summed E-state index contributed by atoms with van der Waals surface area (Å²) in [6.45, 7) is 7.18. The number of halogens is 1. The van der Waals surface area contributed by atoms with Crippen LogP contribution in [-0.4, -0.2) is 37.7 Å². The normalized spacial score (nSPS) is 26.0. The zero-order chi connectivity index (χ0) is 11.7. The second-order valence-electron chi connectivity index (χ2n) is 4.97. The number of hydrogen-bond donors (Lipinski definition) is 1. The maximum atomic E-state index is 3.22. The Kier molecular flexibility index (Phi) is 10.2. The molecule has 0 spiro atoms. The summed E-state index contributed by atoms with van der Waals surface area (Å²) in [5.74, 6) is 0. The highest BCUT2D eigenvalue weighted by molar-refractivity contribution is 5.03. The molecule has 2 rings (SSSR count). The van der Waals surface area contributed by atoms with E-state index in [0.29, 0.717) is 0 Å². The molecule has 1 atom stereocenters. The monoisotopic (exact) mass is 350 g/mol. The standard InChI is InChI=1S/C10H18N.C4H9N.HI/c1-3-4-8-11(2)9-6-5-7-10-11;1-2-4-5-3-1;/h5-7,9H,3-4,8,10H2,1-2H3;5H,1-4H2;1H/q+1;;/p-1. The van der Waals surface area contributed by atoms with Gasteiger partial charge in [0.25, 0.3) is 0 Å². The molecule has 0 aromatic carbocycles. The molecule has 1 saturated heterocycles. The highest BCUT2D eigenvalue weighted by atomic mass is 127. The zero-order valence-electron chi connectivity index (χ0n) is 11.3. The van der Waals surface area contributed by atoms with Gasteiger partial charge in [-0.3, -0.25) is 4.48 Å². The third-order valence-electron chi connectivity index (χ3n) is 3.20. The third-order valence-corrected chi connectivity index (χ3v) is 3.20. The van der Waals surface area contributed by atoms with Crippen molar-refractivity contribution in [2.45, 2.75) is 32.6 Å². The Hall–Kier alpha value is 0.130. The summed E-state index contributed by atoms with van der Waals surface area (Å²) in [7, 11) is 2.29. The Morgan fingerprint density at radius 2 is 1.88 bits per heavy atom. The van der Waals surface area contributed by atoms with E-state index in [2.05, 4.69) is 43.7 Å². The molecule has 2 heterocycles. The molecule has 0 aliphatic carbocycles. The molecule has 2 aliphatic heterocycles. The lowest BCUT2D eigenvalue weighted by Gasteiger charge is -2.30. The number of nitrogens with one attached hydrogen (secondary N) is 1. The molecular weight excluding hydrogens is 323 g/mol. The van der Waals surface area contributed by atoms with Gasteiger partial charge in [-0.2, -0.15) is 0 Å². The number of quaternary nitrogens is 1. The molecule has 1 unspecified atom stereocenters. The summed E-state index contributed by atoms with van der Waals surface area (Å²) in [4.78, 5) is 0. The molecule has 3 heteroatoms. The molecule has 0 saturated carbocycles. The van der Waals surface area contributed by atoms with Crippen LogP contribution in [0.1, 0.15) is 32.6 Å². The number of nitrogens with zero attached hydrogens (tertiary/aromatic N) is 1. The van der Waals surface area contributed by atoms with Gasteiger partial charge >= 0.3 is 0 Å². The SMILES string of the molecule is C1CCNC1.CCCC[N+]1(C)C=CC=CC1.[I-]. The van der Waals surface area contributed by atoms with Gasteiger partial charge in [0, 0.05) is 0 Å². The molecule has 2 aliphatic rings. The lowest BCUT2D eigenvalue weighted by Crippen LogP contribution is -3.00. The lowest BCUT2D eigenvalue weighted by atomic mass is 10.2. The zero-order valence-corrected chi connectivity index (χ0v) is 13.4. The van der Waals surface area contributed by atoms with Gasteiger partial charge in [0.1, 0.15) is 6.54 Å². The predicted molar refractivity (Wildman–Crippen MR) is 71.2 cm³/mol. The van der Waals surface area contributed by atoms with E-state index in [4.69, 9.17) is 0 Å². The van der Waals surface area contributed by atoms with Gasteiger partial charge in [0.2, 0.25) is 0 Å². The molecule has 0 amide bonds. The van der Waals surface area contributed by atoms with E-state index in [1.165, 1.54) is 45.3 Å². The summed E-state index contributed by atoms with van der Waals surface area (Å²) in [5.41, 5.74) is 0. The highest BCUT2D eigenvalue weighted by Gasteiger charge is 2.16. The van der Waals surface area contributed by atoms with Crippen molar-refractivity contribution in [3.8, 4) is 0 Å². The van der Waals surface area contributed by atoms with Gasteiger partial charge in [0.05, 0.1) is 19.8 Å². The van der Waals surface area contributed by atoms with Crippen LogP contribution in [0.25, 0.3) is 0 Å². The van der Waals surface area contributed by atoms with Gasteiger partial charge < -0.3 is 29.3 Å². The fourth-order valence-corrected chi connectivity index (χ4v) is 2.01. The van der Waals surface area contributed by atoms with Crippen molar-refractivity contribution in [2.24, 2.45) is 0 Å². The van der Waals surface area contributed by atoms with Crippen molar-refractivity contribution >= 4 is 0 Å². The minimum atomic E-state index is 0. The number of allylic oxidation sites excluding steroid dienone is 2. The van der Waals surface area contributed by atoms with Crippen molar-refractivity contribution in [1.29, 1.82) is 0 Å². The van der Waals surface area contributed by atoms with E-state index in [1.54, 1.807) is 0 Å². The highest BCUT2D eigenvalue weighted by Crippen LogP contribution is 2.10. The van der Waals surface area contributed by atoms with Crippen LogP contribution in [0.4, 0.5) is 0 Å². The second-order valence-corrected chi connectivity index (χ2v) is 4.97. The molecule has 0 aromatic heterocycles. The van der Waals surface area contributed by atoms with Crippen LogP contribution in [0, 0.1) is 0 Å². The van der Waals surface area contributed by atoms with E-state index in [-0.39, 0.29) is 24.0 Å². The largest absolute Gasteiger partial charge is 1.00 e.